The van der Waals surface area contributed by atoms with E-state index in [1.165, 1.54) is 67.1 Å². The Bertz CT molecular complexity index is 1400. The molecule has 3 aromatic rings. The van der Waals surface area contributed by atoms with E-state index in [1.807, 2.05) is 0 Å². The van der Waals surface area contributed by atoms with E-state index in [4.69, 9.17) is 13.9 Å². The number of hydrogen-bond acceptors (Lipinski definition) is 10. The molecule has 0 aliphatic heterocycles. The predicted molar refractivity (Wildman–Crippen MR) is 134 cm³/mol. The van der Waals surface area contributed by atoms with Crippen molar-refractivity contribution in [2.24, 2.45) is 0 Å². The average Bonchev–Trinajstić information content (AvgIpc) is 3.37. The Morgan fingerprint density at radius 1 is 0.892 bits per heavy atom. The summed E-state index contributed by atoms with van der Waals surface area (Å²) < 4.78 is 66.6. The fourth-order valence-electron chi connectivity index (χ4n) is 3.20. The van der Waals surface area contributed by atoms with Crippen LogP contribution in [0.4, 0.5) is 6.01 Å². The third-order valence-corrected chi connectivity index (χ3v) is 8.99. The van der Waals surface area contributed by atoms with Crippen molar-refractivity contribution in [2.75, 3.05) is 51.6 Å². The van der Waals surface area contributed by atoms with Crippen molar-refractivity contribution in [2.45, 2.75) is 16.7 Å². The molecule has 14 heteroatoms. The zero-order valence-corrected chi connectivity index (χ0v) is 22.2. The first kappa shape index (κ1) is 28.4. The monoisotopic (exact) mass is 552 g/mol. The molecule has 0 unspecified atom stereocenters. The van der Waals surface area contributed by atoms with Crippen LogP contribution in [0.15, 0.2) is 62.7 Å². The minimum Gasteiger partial charge on any atom is -0.403 e. The first-order valence-electron chi connectivity index (χ1n) is 11.2. The van der Waals surface area contributed by atoms with Gasteiger partial charge in [0.15, 0.2) is 9.84 Å². The number of hydrogen-bond donors (Lipinski definition) is 1. The van der Waals surface area contributed by atoms with Gasteiger partial charge in [-0.1, -0.05) is 12.0 Å². The normalized spacial score (nSPS) is 12.1. The molecule has 1 heterocycles. The lowest BCUT2D eigenvalue weighted by Crippen LogP contribution is -2.36. The van der Waals surface area contributed by atoms with Crippen molar-refractivity contribution in [1.82, 2.24) is 14.5 Å². The summed E-state index contributed by atoms with van der Waals surface area (Å²) in [6, 6.07) is 11.2. The molecule has 1 N–H and O–H groups in total. The van der Waals surface area contributed by atoms with Crippen LogP contribution in [0.2, 0.25) is 0 Å². The molecule has 3 rings (SSSR count). The number of nitrogens with zero attached hydrogens (tertiary/aromatic N) is 3. The van der Waals surface area contributed by atoms with E-state index in [2.05, 4.69) is 15.5 Å². The zero-order chi connectivity index (χ0) is 27.1. The summed E-state index contributed by atoms with van der Waals surface area (Å²) in [6.45, 7) is 2.31. The van der Waals surface area contributed by atoms with Gasteiger partial charge in [-0.05, 0) is 48.5 Å². The van der Waals surface area contributed by atoms with Gasteiger partial charge in [0, 0.05) is 38.4 Å². The quantitative estimate of drug-likeness (QED) is 0.333. The first-order chi connectivity index (χ1) is 17.6. The maximum absolute atomic E-state index is 13.0. The lowest BCUT2D eigenvalue weighted by molar-refractivity contribution is 0.102. The summed E-state index contributed by atoms with van der Waals surface area (Å²) in [6.07, 6.45) is 0. The highest BCUT2D eigenvalue weighted by molar-refractivity contribution is 7.91. The minimum atomic E-state index is -3.83. The highest BCUT2D eigenvalue weighted by Crippen LogP contribution is 2.23. The number of carbonyl (C=O) groups is 1. The predicted octanol–water partition coefficient (Wildman–Crippen LogP) is 2.07. The molecule has 0 spiro atoms. The zero-order valence-electron chi connectivity index (χ0n) is 20.6. The van der Waals surface area contributed by atoms with Gasteiger partial charge >= 0.3 is 6.01 Å². The number of sulfonamides is 1. The Morgan fingerprint density at radius 2 is 1.46 bits per heavy atom. The first-order valence-corrected chi connectivity index (χ1v) is 14.3. The molecule has 0 radical (unpaired) electrons. The molecule has 0 bridgehead atoms. The van der Waals surface area contributed by atoms with E-state index < -0.39 is 25.8 Å². The van der Waals surface area contributed by atoms with Crippen molar-refractivity contribution in [3.63, 3.8) is 0 Å². The smallest absolute Gasteiger partial charge is 0.322 e. The second-order valence-electron chi connectivity index (χ2n) is 7.71. The van der Waals surface area contributed by atoms with Crippen LogP contribution in [0.3, 0.4) is 0 Å². The summed E-state index contributed by atoms with van der Waals surface area (Å²) in [5, 5.41) is 10.1. The number of anilines is 1. The Morgan fingerprint density at radius 3 is 2.00 bits per heavy atom. The van der Waals surface area contributed by atoms with Gasteiger partial charge in [-0.3, -0.25) is 10.1 Å². The largest absolute Gasteiger partial charge is 0.403 e. The van der Waals surface area contributed by atoms with Gasteiger partial charge < -0.3 is 13.9 Å². The molecule has 0 aliphatic carbocycles. The Labute approximate surface area is 215 Å². The van der Waals surface area contributed by atoms with Gasteiger partial charge in [0.2, 0.25) is 15.9 Å². The molecule has 2 aromatic carbocycles. The second-order valence-corrected chi connectivity index (χ2v) is 11.9. The fraction of sp³-hybridized carbons (Fsp3) is 0.348. The second kappa shape index (κ2) is 12.4. The Kier molecular flexibility index (Phi) is 9.50. The molecule has 1 aromatic heterocycles. The van der Waals surface area contributed by atoms with Gasteiger partial charge in [0.25, 0.3) is 5.91 Å². The number of aromatic nitrogens is 2. The Balaban J connectivity index is 1.70. The van der Waals surface area contributed by atoms with Crippen molar-refractivity contribution in [1.29, 1.82) is 0 Å². The summed E-state index contributed by atoms with van der Waals surface area (Å²) in [5.41, 5.74) is 0.650. The molecule has 1 amide bonds. The maximum Gasteiger partial charge on any atom is 0.322 e. The summed E-state index contributed by atoms with van der Waals surface area (Å²) in [4.78, 5) is 12.8. The van der Waals surface area contributed by atoms with E-state index in [1.54, 1.807) is 6.92 Å². The summed E-state index contributed by atoms with van der Waals surface area (Å²) in [5.74, 6) is -0.515. The van der Waals surface area contributed by atoms with Crippen LogP contribution < -0.4 is 5.32 Å². The highest BCUT2D eigenvalue weighted by atomic mass is 32.2. The fourth-order valence-corrected chi connectivity index (χ4v) is 5.49. The molecule has 0 fully saturated rings. The van der Waals surface area contributed by atoms with Crippen LogP contribution in [0.1, 0.15) is 17.3 Å². The third kappa shape index (κ3) is 6.99. The van der Waals surface area contributed by atoms with Gasteiger partial charge in [-0.25, -0.2) is 16.8 Å². The molecular formula is C23H28N4O8S2. The van der Waals surface area contributed by atoms with Gasteiger partial charge in [0.1, 0.15) is 0 Å². The molecule has 0 aliphatic rings. The number of ether oxygens (including phenoxy) is 2. The maximum atomic E-state index is 13.0. The topological polar surface area (TPSA) is 158 Å². The standard InChI is InChI=1S/C23H28N4O8S2/c1-4-36(29,30)19-9-7-18(8-10-19)22-25-26-23(35-22)24-21(28)17-5-11-20(12-6-17)37(31,32)27(13-15-33-2)14-16-34-3/h5-12H,4,13-16H2,1-3H3,(H,24,26,28). The molecule has 12 nitrogen and oxygen atoms in total. The number of nitrogens with one attached hydrogen (secondary N) is 1. The molecular weight excluding hydrogens is 524 g/mol. The van der Waals surface area contributed by atoms with E-state index >= 15 is 0 Å². The molecule has 200 valence electrons. The van der Waals surface area contributed by atoms with E-state index in [-0.39, 0.29) is 59.3 Å². The Hall–Kier alpha value is -3.17. The van der Waals surface area contributed by atoms with Crippen LogP contribution in [0, 0.1) is 0 Å². The number of methoxy groups -OCH3 is 2. The van der Waals surface area contributed by atoms with Gasteiger partial charge in [-0.2, -0.15) is 4.31 Å². The summed E-state index contributed by atoms with van der Waals surface area (Å²) in [7, 11) is -4.20. The van der Waals surface area contributed by atoms with E-state index in [0.29, 0.717) is 5.56 Å². The van der Waals surface area contributed by atoms with Crippen LogP contribution in [0.25, 0.3) is 11.5 Å². The summed E-state index contributed by atoms with van der Waals surface area (Å²) >= 11 is 0. The van der Waals surface area contributed by atoms with E-state index in [9.17, 15) is 21.6 Å². The van der Waals surface area contributed by atoms with Crippen LogP contribution >= 0.6 is 0 Å². The SMILES string of the molecule is CCS(=O)(=O)c1ccc(-c2nnc(NC(=O)c3ccc(S(=O)(=O)N(CCOC)CCOC)cc3)o2)cc1. The molecule has 37 heavy (non-hydrogen) atoms. The van der Waals surface area contributed by atoms with Gasteiger partial charge in [0.05, 0.1) is 28.8 Å². The number of sulfone groups is 1. The number of carbonyl (C=O) groups excluding carboxylic acids is 1. The average molecular weight is 553 g/mol. The molecule has 0 saturated heterocycles. The van der Waals surface area contributed by atoms with Crippen LogP contribution in [-0.4, -0.2) is 83.5 Å². The van der Waals surface area contributed by atoms with Gasteiger partial charge in [-0.15, -0.1) is 5.10 Å². The number of rotatable bonds is 13. The van der Waals surface area contributed by atoms with Crippen molar-refractivity contribution >= 4 is 31.8 Å². The van der Waals surface area contributed by atoms with Crippen LogP contribution in [-0.2, 0) is 29.3 Å². The lowest BCUT2D eigenvalue weighted by atomic mass is 10.2. The lowest BCUT2D eigenvalue weighted by Gasteiger charge is -2.21. The van der Waals surface area contributed by atoms with Crippen LogP contribution in [0.5, 0.6) is 0 Å². The third-order valence-electron chi connectivity index (χ3n) is 5.33. The van der Waals surface area contributed by atoms with Crippen molar-refractivity contribution in [3.8, 4) is 11.5 Å². The number of amides is 1. The minimum absolute atomic E-state index is 0.0180. The van der Waals surface area contributed by atoms with Crippen molar-refractivity contribution in [3.05, 3.63) is 54.1 Å². The molecule has 0 saturated carbocycles. The van der Waals surface area contributed by atoms with E-state index in [0.717, 1.165) is 0 Å². The molecule has 0 atom stereocenters. The highest BCUT2D eigenvalue weighted by Gasteiger charge is 2.24. The van der Waals surface area contributed by atoms with Crippen molar-refractivity contribution < 1.29 is 35.5 Å². The number of benzene rings is 2.